The lowest BCUT2D eigenvalue weighted by Crippen LogP contribution is -2.27. The average molecular weight is 375 g/mol. The lowest BCUT2D eigenvalue weighted by molar-refractivity contribution is 0.235. The number of halogens is 2. The molecule has 26 heavy (non-hydrogen) atoms. The number of benzene rings is 1. The van der Waals surface area contributed by atoms with E-state index in [4.69, 9.17) is 11.6 Å². The zero-order valence-electron chi connectivity index (χ0n) is 13.6. The molecule has 1 aliphatic carbocycles. The maximum atomic E-state index is 13.3. The SMILES string of the molecule is ONC(=Nc1ccc(F)c(Cl)c1)c1ccnc2nc(NC3CCC3)[nH]c12. The molecule has 1 aliphatic rings. The standard InChI is InChI=1S/C17H16ClFN6O/c18-12-8-10(4-5-13(12)19)21-15(25-26)11-6-7-20-16-14(11)23-17(24-16)22-9-2-1-3-9/h4-9,26H,1-3H2,(H,21,25)(H2,20,22,23,24). The van der Waals surface area contributed by atoms with Crippen LogP contribution in [0.4, 0.5) is 16.0 Å². The zero-order chi connectivity index (χ0) is 18.1. The molecule has 9 heteroatoms. The van der Waals surface area contributed by atoms with E-state index in [1.165, 1.54) is 24.6 Å². The number of H-pyrrole nitrogens is 1. The topological polar surface area (TPSA) is 98.2 Å². The highest BCUT2D eigenvalue weighted by Crippen LogP contribution is 2.25. The normalized spacial score (nSPS) is 15.1. The van der Waals surface area contributed by atoms with Crippen LogP contribution in [0.3, 0.4) is 0 Å². The van der Waals surface area contributed by atoms with Gasteiger partial charge in [-0.05, 0) is 43.5 Å². The molecule has 3 aromatic rings. The van der Waals surface area contributed by atoms with Gasteiger partial charge in [-0.15, -0.1) is 0 Å². The number of amidine groups is 1. The lowest BCUT2D eigenvalue weighted by atomic mass is 9.93. The first-order valence-electron chi connectivity index (χ1n) is 8.19. The monoisotopic (exact) mass is 374 g/mol. The van der Waals surface area contributed by atoms with Gasteiger partial charge in [0, 0.05) is 17.8 Å². The van der Waals surface area contributed by atoms with Crippen LogP contribution in [0.5, 0.6) is 0 Å². The third-order valence-corrected chi connectivity index (χ3v) is 4.63. The van der Waals surface area contributed by atoms with Crippen LogP contribution in [0.15, 0.2) is 35.5 Å². The van der Waals surface area contributed by atoms with E-state index in [0.717, 1.165) is 12.8 Å². The maximum Gasteiger partial charge on any atom is 0.202 e. The van der Waals surface area contributed by atoms with Gasteiger partial charge in [0.1, 0.15) is 5.82 Å². The summed E-state index contributed by atoms with van der Waals surface area (Å²) in [5.41, 5.74) is 4.18. The van der Waals surface area contributed by atoms with Crippen LogP contribution >= 0.6 is 11.6 Å². The van der Waals surface area contributed by atoms with Crippen molar-refractivity contribution in [2.45, 2.75) is 25.3 Å². The zero-order valence-corrected chi connectivity index (χ0v) is 14.4. The lowest BCUT2D eigenvalue weighted by Gasteiger charge is -2.25. The highest BCUT2D eigenvalue weighted by Gasteiger charge is 2.19. The number of hydrogen-bond acceptors (Lipinski definition) is 5. The molecule has 0 bridgehead atoms. The molecule has 4 rings (SSSR count). The summed E-state index contributed by atoms with van der Waals surface area (Å²) in [6, 6.07) is 6.18. The first kappa shape index (κ1) is 16.7. The average Bonchev–Trinajstić information content (AvgIpc) is 3.02. The van der Waals surface area contributed by atoms with E-state index in [-0.39, 0.29) is 10.9 Å². The number of nitrogens with one attached hydrogen (secondary N) is 3. The van der Waals surface area contributed by atoms with Crippen LogP contribution in [-0.4, -0.2) is 32.0 Å². The molecular formula is C17H16ClFN6O. The number of pyridine rings is 1. The van der Waals surface area contributed by atoms with Crippen LogP contribution < -0.4 is 10.8 Å². The summed E-state index contributed by atoms with van der Waals surface area (Å²) < 4.78 is 13.3. The summed E-state index contributed by atoms with van der Waals surface area (Å²) in [5, 5.41) is 12.8. The minimum atomic E-state index is -0.532. The first-order chi connectivity index (χ1) is 12.6. The van der Waals surface area contributed by atoms with Crippen molar-refractivity contribution in [1.29, 1.82) is 0 Å². The Morgan fingerprint density at radius 2 is 2.19 bits per heavy atom. The van der Waals surface area contributed by atoms with Gasteiger partial charge in [0.25, 0.3) is 0 Å². The van der Waals surface area contributed by atoms with E-state index in [2.05, 4.69) is 30.7 Å². The van der Waals surface area contributed by atoms with Gasteiger partial charge in [0.05, 0.1) is 16.2 Å². The minimum absolute atomic E-state index is 0.0445. The van der Waals surface area contributed by atoms with Crippen LogP contribution in [0.1, 0.15) is 24.8 Å². The van der Waals surface area contributed by atoms with Crippen LogP contribution in [0.25, 0.3) is 11.2 Å². The Bertz CT molecular complexity index is 985. The van der Waals surface area contributed by atoms with Crippen molar-refractivity contribution in [1.82, 2.24) is 20.4 Å². The van der Waals surface area contributed by atoms with Crippen molar-refractivity contribution in [3.8, 4) is 0 Å². The third kappa shape index (κ3) is 3.21. The Hall–Kier alpha value is -2.71. The molecule has 1 fully saturated rings. The Kier molecular flexibility index (Phi) is 4.44. The van der Waals surface area contributed by atoms with Crippen LogP contribution in [0.2, 0.25) is 5.02 Å². The summed E-state index contributed by atoms with van der Waals surface area (Å²) in [6.45, 7) is 0. The van der Waals surface area contributed by atoms with E-state index in [1.54, 1.807) is 12.3 Å². The second kappa shape index (κ2) is 6.89. The summed E-state index contributed by atoms with van der Waals surface area (Å²) >= 11 is 5.79. The van der Waals surface area contributed by atoms with Gasteiger partial charge in [-0.3, -0.25) is 10.7 Å². The van der Waals surface area contributed by atoms with Gasteiger partial charge in [-0.1, -0.05) is 11.6 Å². The molecule has 0 radical (unpaired) electrons. The van der Waals surface area contributed by atoms with Crippen molar-refractivity contribution in [3.63, 3.8) is 0 Å². The number of nitrogens with zero attached hydrogens (tertiary/aromatic N) is 3. The second-order valence-corrected chi connectivity index (χ2v) is 6.49. The summed E-state index contributed by atoms with van der Waals surface area (Å²) in [4.78, 5) is 16.2. The summed E-state index contributed by atoms with van der Waals surface area (Å²) in [5.74, 6) is 0.265. The van der Waals surface area contributed by atoms with Crippen molar-refractivity contribution in [2.24, 2.45) is 4.99 Å². The summed E-state index contributed by atoms with van der Waals surface area (Å²) in [7, 11) is 0. The predicted octanol–water partition coefficient (Wildman–Crippen LogP) is 3.77. The highest BCUT2D eigenvalue weighted by molar-refractivity contribution is 6.31. The molecular weight excluding hydrogens is 359 g/mol. The number of hydroxylamine groups is 1. The van der Waals surface area contributed by atoms with Gasteiger partial charge in [-0.25, -0.2) is 14.4 Å². The molecule has 0 aliphatic heterocycles. The molecule has 0 unspecified atom stereocenters. The number of anilines is 1. The third-order valence-electron chi connectivity index (χ3n) is 4.34. The molecule has 1 aromatic carbocycles. The Balaban J connectivity index is 1.72. The van der Waals surface area contributed by atoms with Crippen LogP contribution in [0, 0.1) is 5.82 Å². The van der Waals surface area contributed by atoms with Crippen molar-refractivity contribution >= 4 is 40.2 Å². The molecule has 134 valence electrons. The molecule has 1 saturated carbocycles. The quantitative estimate of drug-likeness (QED) is 0.316. The van der Waals surface area contributed by atoms with E-state index in [1.807, 2.05) is 0 Å². The fourth-order valence-corrected chi connectivity index (χ4v) is 2.93. The number of fused-ring (bicyclic) bond motifs is 1. The highest BCUT2D eigenvalue weighted by atomic mass is 35.5. The smallest absolute Gasteiger partial charge is 0.202 e. The molecule has 0 saturated heterocycles. The Morgan fingerprint density at radius 1 is 1.35 bits per heavy atom. The van der Waals surface area contributed by atoms with Gasteiger partial charge in [-0.2, -0.15) is 4.98 Å². The predicted molar refractivity (Wildman–Crippen MR) is 97.7 cm³/mol. The van der Waals surface area contributed by atoms with E-state index in [9.17, 15) is 9.60 Å². The molecule has 2 aromatic heterocycles. The molecule has 0 amide bonds. The first-order valence-corrected chi connectivity index (χ1v) is 8.57. The van der Waals surface area contributed by atoms with Crippen molar-refractivity contribution in [2.75, 3.05) is 5.32 Å². The van der Waals surface area contributed by atoms with Gasteiger partial charge in [0.2, 0.25) is 5.95 Å². The fraction of sp³-hybridized carbons (Fsp3) is 0.235. The van der Waals surface area contributed by atoms with E-state index in [0.29, 0.717) is 34.4 Å². The minimum Gasteiger partial charge on any atom is -0.353 e. The Labute approximate surface area is 153 Å². The number of aromatic amines is 1. The summed E-state index contributed by atoms with van der Waals surface area (Å²) in [6.07, 6.45) is 5.03. The van der Waals surface area contributed by atoms with E-state index >= 15 is 0 Å². The Morgan fingerprint density at radius 3 is 2.88 bits per heavy atom. The van der Waals surface area contributed by atoms with Gasteiger partial charge >= 0.3 is 0 Å². The van der Waals surface area contributed by atoms with Crippen molar-refractivity contribution < 1.29 is 9.60 Å². The number of aliphatic imine (C=N–C) groups is 1. The second-order valence-electron chi connectivity index (χ2n) is 6.09. The maximum absolute atomic E-state index is 13.3. The number of hydrogen-bond donors (Lipinski definition) is 4. The molecule has 7 nitrogen and oxygen atoms in total. The van der Waals surface area contributed by atoms with E-state index < -0.39 is 5.82 Å². The molecule has 0 spiro atoms. The van der Waals surface area contributed by atoms with Crippen LogP contribution in [-0.2, 0) is 0 Å². The largest absolute Gasteiger partial charge is 0.353 e. The number of imidazole rings is 1. The molecule has 0 atom stereocenters. The molecule has 4 N–H and O–H groups in total. The van der Waals surface area contributed by atoms with Gasteiger partial charge in [0.15, 0.2) is 11.5 Å². The fourth-order valence-electron chi connectivity index (χ4n) is 2.75. The van der Waals surface area contributed by atoms with Crippen molar-refractivity contribution in [3.05, 3.63) is 46.9 Å². The number of aromatic nitrogens is 3. The van der Waals surface area contributed by atoms with Gasteiger partial charge < -0.3 is 10.3 Å². The number of rotatable bonds is 4. The molecule has 2 heterocycles.